The molecular weight excluding hydrogens is 332 g/mol. The first-order chi connectivity index (χ1) is 12.5. The van der Waals surface area contributed by atoms with Crippen molar-refractivity contribution in [2.24, 2.45) is 7.05 Å². The van der Waals surface area contributed by atoms with Crippen LogP contribution in [0.3, 0.4) is 0 Å². The molecule has 2 aromatic heterocycles. The second-order valence-corrected chi connectivity index (χ2v) is 6.12. The van der Waals surface area contributed by atoms with Crippen molar-refractivity contribution >= 4 is 5.91 Å². The summed E-state index contributed by atoms with van der Waals surface area (Å²) in [6, 6.07) is 7.16. The minimum Gasteiger partial charge on any atom is -0.496 e. The molecule has 7 heteroatoms. The highest BCUT2D eigenvalue weighted by Crippen LogP contribution is 2.29. The van der Waals surface area contributed by atoms with Crippen LogP contribution in [0.1, 0.15) is 34.4 Å². The van der Waals surface area contributed by atoms with Gasteiger partial charge < -0.3 is 19.1 Å². The lowest BCUT2D eigenvalue weighted by molar-refractivity contribution is -0.121. The minimum absolute atomic E-state index is 0.140. The number of aryl methyl sites for hydroxylation is 3. The molecule has 1 atom stereocenters. The quantitative estimate of drug-likeness (QED) is 0.735. The molecule has 136 valence electrons. The SMILES string of the molecule is COc1ccccc1[C@@H](NC(=O)Cc1c(C)noc1C)c1nccn1C. The maximum Gasteiger partial charge on any atom is 0.225 e. The third-order valence-corrected chi connectivity index (χ3v) is 4.39. The van der Waals surface area contributed by atoms with E-state index in [9.17, 15) is 4.79 Å². The van der Waals surface area contributed by atoms with E-state index in [-0.39, 0.29) is 12.3 Å². The molecule has 0 aliphatic rings. The van der Waals surface area contributed by atoms with E-state index in [0.29, 0.717) is 11.5 Å². The smallest absolute Gasteiger partial charge is 0.225 e. The number of carbonyl (C=O) groups excluding carboxylic acids is 1. The van der Waals surface area contributed by atoms with Crippen molar-refractivity contribution in [2.75, 3.05) is 7.11 Å². The Hall–Kier alpha value is -3.09. The Balaban J connectivity index is 1.92. The van der Waals surface area contributed by atoms with Crippen molar-refractivity contribution in [3.05, 3.63) is 65.1 Å². The number of benzene rings is 1. The van der Waals surface area contributed by atoms with Gasteiger partial charge in [-0.1, -0.05) is 23.4 Å². The number of ether oxygens (including phenoxy) is 1. The minimum atomic E-state index is -0.431. The average Bonchev–Trinajstić information content (AvgIpc) is 3.20. The highest BCUT2D eigenvalue weighted by molar-refractivity contribution is 5.80. The second-order valence-electron chi connectivity index (χ2n) is 6.12. The van der Waals surface area contributed by atoms with E-state index in [2.05, 4.69) is 15.5 Å². The summed E-state index contributed by atoms with van der Waals surface area (Å²) >= 11 is 0. The van der Waals surface area contributed by atoms with Crippen molar-refractivity contribution in [3.8, 4) is 5.75 Å². The summed E-state index contributed by atoms with van der Waals surface area (Å²) in [7, 11) is 3.51. The van der Waals surface area contributed by atoms with Crippen molar-refractivity contribution in [1.29, 1.82) is 0 Å². The number of methoxy groups -OCH3 is 1. The van der Waals surface area contributed by atoms with Gasteiger partial charge in [-0.3, -0.25) is 4.79 Å². The third kappa shape index (κ3) is 3.46. The molecule has 0 fully saturated rings. The topological polar surface area (TPSA) is 82.2 Å². The third-order valence-electron chi connectivity index (χ3n) is 4.39. The molecule has 3 rings (SSSR count). The molecule has 0 unspecified atom stereocenters. The van der Waals surface area contributed by atoms with E-state index in [1.54, 1.807) is 20.2 Å². The van der Waals surface area contributed by atoms with Gasteiger partial charge in [0.15, 0.2) is 0 Å². The van der Waals surface area contributed by atoms with Crippen LogP contribution in [0.4, 0.5) is 0 Å². The molecule has 1 amide bonds. The van der Waals surface area contributed by atoms with Crippen molar-refractivity contribution < 1.29 is 14.1 Å². The Bertz CT molecular complexity index is 894. The summed E-state index contributed by atoms with van der Waals surface area (Å²) in [5.74, 6) is 1.93. The summed E-state index contributed by atoms with van der Waals surface area (Å²) in [4.78, 5) is 17.2. The molecule has 0 radical (unpaired) electrons. The number of hydrogen-bond donors (Lipinski definition) is 1. The van der Waals surface area contributed by atoms with Gasteiger partial charge in [-0.15, -0.1) is 0 Å². The van der Waals surface area contributed by atoms with Gasteiger partial charge in [0.05, 0.1) is 19.2 Å². The lowest BCUT2D eigenvalue weighted by atomic mass is 10.0. The average molecular weight is 354 g/mol. The Morgan fingerprint density at radius 2 is 2.12 bits per heavy atom. The maximum atomic E-state index is 12.7. The van der Waals surface area contributed by atoms with E-state index >= 15 is 0 Å². The second kappa shape index (κ2) is 7.43. The van der Waals surface area contributed by atoms with Crippen LogP contribution in [0.5, 0.6) is 5.75 Å². The number of hydrogen-bond acceptors (Lipinski definition) is 5. The highest BCUT2D eigenvalue weighted by Gasteiger charge is 2.24. The molecule has 26 heavy (non-hydrogen) atoms. The molecule has 3 aromatic rings. The maximum absolute atomic E-state index is 12.7. The molecule has 1 aromatic carbocycles. The Morgan fingerprint density at radius 1 is 1.35 bits per heavy atom. The lowest BCUT2D eigenvalue weighted by Crippen LogP contribution is -2.32. The summed E-state index contributed by atoms with van der Waals surface area (Å²) in [5.41, 5.74) is 2.38. The number of carbonyl (C=O) groups is 1. The number of aromatic nitrogens is 3. The Morgan fingerprint density at radius 3 is 2.73 bits per heavy atom. The van der Waals surface area contributed by atoms with Gasteiger partial charge in [0.1, 0.15) is 23.4 Å². The van der Waals surface area contributed by atoms with Gasteiger partial charge in [-0.2, -0.15) is 0 Å². The van der Waals surface area contributed by atoms with Gasteiger partial charge in [0, 0.05) is 30.6 Å². The number of para-hydroxylation sites is 1. The van der Waals surface area contributed by atoms with Crippen molar-refractivity contribution in [3.63, 3.8) is 0 Å². The zero-order valence-corrected chi connectivity index (χ0v) is 15.3. The lowest BCUT2D eigenvalue weighted by Gasteiger charge is -2.21. The number of amides is 1. The van der Waals surface area contributed by atoms with Crippen LogP contribution in [-0.2, 0) is 18.3 Å². The first-order valence-electron chi connectivity index (χ1n) is 8.32. The number of imidazole rings is 1. The van der Waals surface area contributed by atoms with Gasteiger partial charge in [-0.05, 0) is 19.9 Å². The first-order valence-corrected chi connectivity index (χ1v) is 8.32. The highest BCUT2D eigenvalue weighted by atomic mass is 16.5. The molecule has 7 nitrogen and oxygen atoms in total. The van der Waals surface area contributed by atoms with E-state index in [0.717, 1.165) is 22.6 Å². The predicted molar refractivity (Wildman–Crippen MR) is 95.9 cm³/mol. The molecule has 1 N–H and O–H groups in total. The molecular formula is C19H22N4O3. The van der Waals surface area contributed by atoms with Gasteiger partial charge in [0.25, 0.3) is 0 Å². The Kier molecular flexibility index (Phi) is 5.06. The van der Waals surface area contributed by atoms with Gasteiger partial charge >= 0.3 is 0 Å². The number of nitrogens with zero attached hydrogens (tertiary/aromatic N) is 3. The molecule has 0 saturated carbocycles. The van der Waals surface area contributed by atoms with Crippen LogP contribution in [0.15, 0.2) is 41.2 Å². The van der Waals surface area contributed by atoms with Crippen LogP contribution in [-0.4, -0.2) is 27.7 Å². The standard InChI is InChI=1S/C19H22N4O3/c1-12-15(13(2)26-22-12)11-17(24)21-18(19-20-9-10-23(19)3)14-7-5-6-8-16(14)25-4/h5-10,18H,11H2,1-4H3,(H,21,24)/t18-/m1/s1. The Labute approximate surface area is 152 Å². The summed E-state index contributed by atoms with van der Waals surface area (Å²) in [6.45, 7) is 3.63. The van der Waals surface area contributed by atoms with Crippen LogP contribution in [0, 0.1) is 13.8 Å². The first kappa shape index (κ1) is 17.7. The zero-order valence-electron chi connectivity index (χ0n) is 15.3. The summed E-state index contributed by atoms with van der Waals surface area (Å²) in [5, 5.41) is 6.98. The van der Waals surface area contributed by atoms with Crippen molar-refractivity contribution in [1.82, 2.24) is 20.0 Å². The molecule has 0 aliphatic heterocycles. The van der Waals surface area contributed by atoms with E-state index in [1.165, 1.54) is 0 Å². The van der Waals surface area contributed by atoms with Crippen molar-refractivity contribution in [2.45, 2.75) is 26.3 Å². The molecule has 0 spiro atoms. The number of nitrogens with one attached hydrogen (secondary N) is 1. The van der Waals surface area contributed by atoms with Gasteiger partial charge in [-0.25, -0.2) is 4.98 Å². The monoisotopic (exact) mass is 354 g/mol. The van der Waals surface area contributed by atoms with Crippen LogP contribution in [0.25, 0.3) is 0 Å². The van der Waals surface area contributed by atoms with E-state index in [1.807, 2.05) is 49.0 Å². The fraction of sp³-hybridized carbons (Fsp3) is 0.316. The number of rotatable bonds is 6. The summed E-state index contributed by atoms with van der Waals surface area (Å²) in [6.07, 6.45) is 3.74. The van der Waals surface area contributed by atoms with Crippen LogP contribution >= 0.6 is 0 Å². The normalized spacial score (nSPS) is 12.0. The van der Waals surface area contributed by atoms with E-state index in [4.69, 9.17) is 9.26 Å². The van der Waals surface area contributed by atoms with Crippen LogP contribution < -0.4 is 10.1 Å². The fourth-order valence-electron chi connectivity index (χ4n) is 2.97. The van der Waals surface area contributed by atoms with Crippen LogP contribution in [0.2, 0.25) is 0 Å². The van der Waals surface area contributed by atoms with Gasteiger partial charge in [0.2, 0.25) is 5.91 Å². The zero-order chi connectivity index (χ0) is 18.7. The fourth-order valence-corrected chi connectivity index (χ4v) is 2.97. The van der Waals surface area contributed by atoms with E-state index < -0.39 is 6.04 Å². The molecule has 0 bridgehead atoms. The molecule has 2 heterocycles. The molecule has 0 aliphatic carbocycles. The molecule has 0 saturated heterocycles. The largest absolute Gasteiger partial charge is 0.496 e. The summed E-state index contributed by atoms with van der Waals surface area (Å²) < 4.78 is 12.5. The predicted octanol–water partition coefficient (Wildman–Crippen LogP) is 2.48.